The van der Waals surface area contributed by atoms with E-state index in [-0.39, 0.29) is 29.1 Å². The van der Waals surface area contributed by atoms with Gasteiger partial charge in [-0.2, -0.15) is 0 Å². The molecule has 0 aromatic heterocycles. The van der Waals surface area contributed by atoms with Crippen molar-refractivity contribution in [2.24, 2.45) is 0 Å². The second-order valence-corrected chi connectivity index (χ2v) is 12.5. The van der Waals surface area contributed by atoms with E-state index < -0.39 is 28.5 Å². The van der Waals surface area contributed by atoms with E-state index in [1.54, 1.807) is 50.4 Å². The third-order valence-electron chi connectivity index (χ3n) is 7.38. The fourth-order valence-electron chi connectivity index (χ4n) is 4.98. The normalized spacial score (nSPS) is 14.2. The van der Waals surface area contributed by atoms with Crippen LogP contribution in [0.2, 0.25) is 5.02 Å². The summed E-state index contributed by atoms with van der Waals surface area (Å²) < 4.78 is 39.4. The van der Waals surface area contributed by atoms with Gasteiger partial charge in [0, 0.05) is 17.6 Å². The van der Waals surface area contributed by atoms with Gasteiger partial charge in [0.2, 0.25) is 11.8 Å². The Hall–Kier alpha value is -3.76. The molecular weight excluding hydrogens is 578 g/mol. The van der Waals surface area contributed by atoms with Crippen LogP contribution in [0.25, 0.3) is 0 Å². The second-order valence-electron chi connectivity index (χ2n) is 10.2. The number of benzene rings is 3. The van der Waals surface area contributed by atoms with E-state index in [4.69, 9.17) is 21.1 Å². The Balaban J connectivity index is 1.69. The van der Waals surface area contributed by atoms with Crippen molar-refractivity contribution in [3.05, 3.63) is 83.4 Å². The summed E-state index contributed by atoms with van der Waals surface area (Å²) in [5, 5.41) is 3.38. The number of methoxy groups -OCH3 is 2. The average molecular weight is 614 g/mol. The molecule has 42 heavy (non-hydrogen) atoms. The number of nitrogens with one attached hydrogen (secondary N) is 1. The molecule has 0 saturated heterocycles. The molecule has 1 aliphatic carbocycles. The van der Waals surface area contributed by atoms with Crippen molar-refractivity contribution in [1.82, 2.24) is 10.2 Å². The zero-order valence-corrected chi connectivity index (χ0v) is 25.5. The molecular formula is C31H36ClN3O6S. The van der Waals surface area contributed by atoms with Crippen molar-refractivity contribution >= 4 is 39.1 Å². The fourth-order valence-corrected chi connectivity index (χ4v) is 6.57. The summed E-state index contributed by atoms with van der Waals surface area (Å²) in [5.41, 5.74) is 0.951. The molecule has 9 nitrogen and oxygen atoms in total. The molecule has 1 N–H and O–H groups in total. The highest BCUT2D eigenvalue weighted by Gasteiger charge is 2.33. The first kappa shape index (κ1) is 31.2. The van der Waals surface area contributed by atoms with Crippen molar-refractivity contribution in [2.45, 2.75) is 56.1 Å². The number of carbonyl (C=O) groups is 2. The molecule has 1 unspecified atom stereocenters. The predicted octanol–water partition coefficient (Wildman–Crippen LogP) is 5.03. The highest BCUT2D eigenvalue weighted by molar-refractivity contribution is 7.92. The van der Waals surface area contributed by atoms with Gasteiger partial charge in [-0.05, 0) is 79.9 Å². The van der Waals surface area contributed by atoms with Crippen molar-refractivity contribution in [3.63, 3.8) is 0 Å². The summed E-state index contributed by atoms with van der Waals surface area (Å²) >= 11 is 6.23. The second kappa shape index (κ2) is 13.9. The summed E-state index contributed by atoms with van der Waals surface area (Å²) in [6.07, 6.45) is 3.88. The van der Waals surface area contributed by atoms with Gasteiger partial charge in [-0.1, -0.05) is 42.6 Å². The number of anilines is 1. The van der Waals surface area contributed by atoms with E-state index in [9.17, 15) is 18.0 Å². The number of sulfonamides is 1. The maximum Gasteiger partial charge on any atom is 0.264 e. The minimum Gasteiger partial charge on any atom is -0.497 e. The number of nitrogens with zero attached hydrogens (tertiary/aromatic N) is 2. The van der Waals surface area contributed by atoms with Crippen LogP contribution in [-0.4, -0.2) is 58.0 Å². The molecule has 1 aliphatic rings. The van der Waals surface area contributed by atoms with Gasteiger partial charge < -0.3 is 19.7 Å². The Bertz CT molecular complexity index is 1490. The molecule has 0 spiro atoms. The van der Waals surface area contributed by atoms with E-state index in [0.29, 0.717) is 16.5 Å². The summed E-state index contributed by atoms with van der Waals surface area (Å²) in [7, 11) is -1.19. The van der Waals surface area contributed by atoms with Gasteiger partial charge in [-0.25, -0.2) is 8.42 Å². The van der Waals surface area contributed by atoms with Crippen LogP contribution in [0.4, 0.5) is 5.69 Å². The van der Waals surface area contributed by atoms with Gasteiger partial charge in [0.25, 0.3) is 10.0 Å². The van der Waals surface area contributed by atoms with Crippen LogP contribution < -0.4 is 19.1 Å². The van der Waals surface area contributed by atoms with Crippen molar-refractivity contribution in [1.29, 1.82) is 0 Å². The number of hydrogen-bond acceptors (Lipinski definition) is 6. The lowest BCUT2D eigenvalue weighted by Crippen LogP contribution is -2.52. The van der Waals surface area contributed by atoms with Gasteiger partial charge >= 0.3 is 0 Å². The highest BCUT2D eigenvalue weighted by atomic mass is 35.5. The topological polar surface area (TPSA) is 105 Å². The molecule has 0 bridgehead atoms. The Morgan fingerprint density at radius 3 is 2.26 bits per heavy atom. The van der Waals surface area contributed by atoms with Gasteiger partial charge in [0.1, 0.15) is 24.1 Å². The lowest BCUT2D eigenvalue weighted by molar-refractivity contribution is -0.139. The van der Waals surface area contributed by atoms with Crippen LogP contribution in [0, 0.1) is 0 Å². The Morgan fingerprint density at radius 1 is 0.952 bits per heavy atom. The van der Waals surface area contributed by atoms with E-state index in [1.807, 2.05) is 6.07 Å². The summed E-state index contributed by atoms with van der Waals surface area (Å²) in [6, 6.07) is 18.6. The minimum absolute atomic E-state index is 0.0255. The van der Waals surface area contributed by atoms with Gasteiger partial charge in [0.05, 0.1) is 24.8 Å². The molecule has 0 heterocycles. The number of ether oxygens (including phenoxy) is 2. The molecule has 3 aromatic rings. The van der Waals surface area contributed by atoms with E-state index in [1.165, 1.54) is 42.3 Å². The largest absolute Gasteiger partial charge is 0.497 e. The van der Waals surface area contributed by atoms with Crippen LogP contribution in [0.15, 0.2) is 77.7 Å². The molecule has 3 aromatic carbocycles. The van der Waals surface area contributed by atoms with Crippen LogP contribution in [-0.2, 0) is 26.2 Å². The fraction of sp³-hybridized carbons (Fsp3) is 0.355. The molecule has 1 saturated carbocycles. The van der Waals surface area contributed by atoms with Gasteiger partial charge in [0.15, 0.2) is 0 Å². The van der Waals surface area contributed by atoms with E-state index in [2.05, 4.69) is 5.32 Å². The summed E-state index contributed by atoms with van der Waals surface area (Å²) in [4.78, 5) is 28.8. The van der Waals surface area contributed by atoms with Crippen LogP contribution in [0.1, 0.15) is 38.2 Å². The zero-order valence-electron chi connectivity index (χ0n) is 24.0. The molecule has 2 amide bonds. The first-order valence-electron chi connectivity index (χ1n) is 13.8. The van der Waals surface area contributed by atoms with Crippen molar-refractivity contribution in [3.8, 4) is 11.5 Å². The van der Waals surface area contributed by atoms with Crippen LogP contribution in [0.5, 0.6) is 11.5 Å². The molecule has 11 heteroatoms. The summed E-state index contributed by atoms with van der Waals surface area (Å²) in [6.45, 7) is 1.17. The monoisotopic (exact) mass is 613 g/mol. The lowest BCUT2D eigenvalue weighted by Gasteiger charge is -2.32. The lowest BCUT2D eigenvalue weighted by atomic mass is 10.1. The van der Waals surface area contributed by atoms with E-state index >= 15 is 0 Å². The Labute approximate surface area is 252 Å². The quantitative estimate of drug-likeness (QED) is 0.307. The molecule has 0 radical (unpaired) electrons. The Kier molecular flexibility index (Phi) is 10.3. The predicted molar refractivity (Wildman–Crippen MR) is 162 cm³/mol. The maximum atomic E-state index is 14.1. The third-order valence-corrected chi connectivity index (χ3v) is 9.40. The molecule has 1 fully saturated rings. The average Bonchev–Trinajstić information content (AvgIpc) is 3.51. The minimum atomic E-state index is -4.22. The number of rotatable bonds is 12. The van der Waals surface area contributed by atoms with Crippen molar-refractivity contribution < 1.29 is 27.5 Å². The van der Waals surface area contributed by atoms with Crippen LogP contribution in [0.3, 0.4) is 0 Å². The number of amides is 2. The molecule has 224 valence electrons. The molecule has 4 rings (SSSR count). The van der Waals surface area contributed by atoms with Crippen molar-refractivity contribution in [2.75, 3.05) is 25.1 Å². The smallest absolute Gasteiger partial charge is 0.264 e. The third kappa shape index (κ3) is 7.54. The number of carbonyl (C=O) groups excluding carboxylic acids is 2. The van der Waals surface area contributed by atoms with Crippen LogP contribution >= 0.6 is 11.6 Å². The number of halogens is 1. The summed E-state index contributed by atoms with van der Waals surface area (Å²) in [5.74, 6) is 0.255. The molecule has 1 atom stereocenters. The Morgan fingerprint density at radius 2 is 1.62 bits per heavy atom. The van der Waals surface area contributed by atoms with E-state index in [0.717, 1.165) is 35.6 Å². The maximum absolute atomic E-state index is 14.1. The van der Waals surface area contributed by atoms with Gasteiger partial charge in [-0.15, -0.1) is 0 Å². The number of hydrogen-bond donors (Lipinski definition) is 1. The molecule has 0 aliphatic heterocycles. The SMILES string of the molecule is COc1ccc(S(=O)(=O)N(CC(=O)N(Cc2cccc(OC)c2)C(C)C(=O)NC2CCCC2)c2cccc(Cl)c2)cc1. The zero-order chi connectivity index (χ0) is 30.3. The first-order valence-corrected chi connectivity index (χ1v) is 15.6. The highest BCUT2D eigenvalue weighted by Crippen LogP contribution is 2.28. The van der Waals surface area contributed by atoms with Gasteiger partial charge in [-0.3, -0.25) is 13.9 Å². The standard InChI is InChI=1S/C31H36ClN3O6S/c1-22(31(37)33-25-10-4-5-11-25)34(20-23-8-6-13-28(18-23)41-3)30(36)21-35(26-12-7-9-24(32)19-26)42(38,39)29-16-14-27(40-2)15-17-29/h6-9,12-19,22,25H,4-5,10-11,20-21H2,1-3H3,(H,33,37). The first-order chi connectivity index (χ1) is 20.1.